The molecular formula is C14H14ClN3O2S. The Kier molecular flexibility index (Phi) is 3.95. The van der Waals surface area contributed by atoms with E-state index in [-0.39, 0.29) is 6.61 Å². The van der Waals surface area contributed by atoms with Gasteiger partial charge in [-0.25, -0.2) is 9.50 Å². The lowest BCUT2D eigenvalue weighted by Crippen LogP contribution is -1.97. The second-order valence-corrected chi connectivity index (χ2v) is 6.10. The van der Waals surface area contributed by atoms with Crippen molar-refractivity contribution in [3.8, 4) is 11.3 Å². The molecule has 0 atom stereocenters. The Hall–Kier alpha value is -1.47. The Morgan fingerprint density at radius 3 is 2.90 bits per heavy atom. The van der Waals surface area contributed by atoms with Gasteiger partial charge in [0.15, 0.2) is 0 Å². The van der Waals surface area contributed by atoms with Crippen LogP contribution in [0.1, 0.15) is 16.3 Å². The molecule has 1 N–H and O–H groups in total. The Labute approximate surface area is 130 Å². The van der Waals surface area contributed by atoms with Crippen molar-refractivity contribution in [2.75, 3.05) is 7.11 Å². The van der Waals surface area contributed by atoms with Gasteiger partial charge in [-0.3, -0.25) is 0 Å². The van der Waals surface area contributed by atoms with Gasteiger partial charge in [0.2, 0.25) is 4.96 Å². The van der Waals surface area contributed by atoms with Gasteiger partial charge in [0.25, 0.3) is 0 Å². The molecule has 2 aromatic heterocycles. The minimum absolute atomic E-state index is 0.131. The average Bonchev–Trinajstić information content (AvgIpc) is 2.99. The van der Waals surface area contributed by atoms with Gasteiger partial charge in [0.1, 0.15) is 5.01 Å². The molecule has 5 nitrogen and oxygen atoms in total. The number of fused-ring (bicyclic) bond motifs is 1. The summed E-state index contributed by atoms with van der Waals surface area (Å²) in [4.78, 5) is 5.33. The smallest absolute Gasteiger partial charge is 0.213 e. The number of aromatic nitrogens is 3. The van der Waals surface area contributed by atoms with Gasteiger partial charge in [-0.2, -0.15) is 5.10 Å². The molecule has 0 aliphatic carbocycles. The summed E-state index contributed by atoms with van der Waals surface area (Å²) in [5.41, 5.74) is 3.31. The summed E-state index contributed by atoms with van der Waals surface area (Å²) in [5, 5.41) is 15.6. The standard InChI is InChI=1S/C14H14ClN3O2S/c1-8-5-9(3-4-10(8)15)13-11(6-19)18-14(16-13)21-12(17-18)7-20-2/h3-5,19H,6-7H2,1-2H3. The van der Waals surface area contributed by atoms with Gasteiger partial charge >= 0.3 is 0 Å². The Morgan fingerprint density at radius 2 is 2.24 bits per heavy atom. The van der Waals surface area contributed by atoms with Crippen LogP contribution < -0.4 is 0 Å². The molecule has 3 rings (SSSR count). The fraction of sp³-hybridized carbons (Fsp3) is 0.286. The number of ether oxygens (including phenoxy) is 1. The average molecular weight is 324 g/mol. The van der Waals surface area contributed by atoms with Crippen molar-refractivity contribution in [3.05, 3.63) is 39.5 Å². The first-order chi connectivity index (χ1) is 10.1. The van der Waals surface area contributed by atoms with Crippen molar-refractivity contribution in [2.45, 2.75) is 20.1 Å². The van der Waals surface area contributed by atoms with Crippen molar-refractivity contribution in [2.24, 2.45) is 0 Å². The number of methoxy groups -OCH3 is 1. The van der Waals surface area contributed by atoms with Crippen LogP contribution in [0.15, 0.2) is 18.2 Å². The molecule has 21 heavy (non-hydrogen) atoms. The maximum Gasteiger partial charge on any atom is 0.213 e. The van der Waals surface area contributed by atoms with Crippen LogP contribution in [-0.4, -0.2) is 26.8 Å². The van der Waals surface area contributed by atoms with Crippen LogP contribution in [-0.2, 0) is 18.0 Å². The van der Waals surface area contributed by atoms with E-state index in [1.54, 1.807) is 11.6 Å². The number of rotatable bonds is 4. The molecule has 0 saturated heterocycles. The van der Waals surface area contributed by atoms with Crippen molar-refractivity contribution in [1.82, 2.24) is 14.6 Å². The molecule has 0 fully saturated rings. The highest BCUT2D eigenvalue weighted by Crippen LogP contribution is 2.29. The molecule has 0 aliphatic heterocycles. The minimum atomic E-state index is -0.131. The van der Waals surface area contributed by atoms with E-state index in [0.29, 0.717) is 17.3 Å². The predicted molar refractivity (Wildman–Crippen MR) is 82.7 cm³/mol. The SMILES string of the molecule is COCc1nn2c(CO)c(-c3ccc(Cl)c(C)c3)nc2s1. The highest BCUT2D eigenvalue weighted by Gasteiger charge is 2.17. The Bertz CT molecular complexity index is 797. The molecule has 7 heteroatoms. The topological polar surface area (TPSA) is 59.7 Å². The van der Waals surface area contributed by atoms with E-state index in [1.807, 2.05) is 25.1 Å². The van der Waals surface area contributed by atoms with Crippen molar-refractivity contribution < 1.29 is 9.84 Å². The van der Waals surface area contributed by atoms with E-state index in [1.165, 1.54) is 11.3 Å². The molecule has 3 aromatic rings. The van der Waals surface area contributed by atoms with Crippen LogP contribution in [0.2, 0.25) is 5.02 Å². The monoisotopic (exact) mass is 323 g/mol. The van der Waals surface area contributed by atoms with E-state index >= 15 is 0 Å². The fourth-order valence-corrected chi connectivity index (χ4v) is 3.18. The third kappa shape index (κ3) is 2.55. The number of hydrogen-bond donors (Lipinski definition) is 1. The molecule has 0 aliphatic rings. The van der Waals surface area contributed by atoms with Gasteiger partial charge < -0.3 is 9.84 Å². The first-order valence-electron chi connectivity index (χ1n) is 6.37. The third-order valence-electron chi connectivity index (χ3n) is 3.19. The zero-order valence-electron chi connectivity index (χ0n) is 11.6. The normalized spacial score (nSPS) is 11.4. The van der Waals surface area contributed by atoms with Gasteiger partial charge in [0, 0.05) is 17.7 Å². The highest BCUT2D eigenvalue weighted by molar-refractivity contribution is 7.16. The quantitative estimate of drug-likeness (QED) is 0.801. The fourth-order valence-electron chi connectivity index (χ4n) is 2.18. The predicted octanol–water partition coefficient (Wildman–Crippen LogP) is 3.06. The molecule has 110 valence electrons. The number of nitrogens with zero attached hydrogens (tertiary/aromatic N) is 3. The lowest BCUT2D eigenvalue weighted by atomic mass is 10.1. The molecule has 0 unspecified atom stereocenters. The van der Waals surface area contributed by atoms with Crippen LogP contribution in [0, 0.1) is 6.92 Å². The zero-order valence-corrected chi connectivity index (χ0v) is 13.2. The summed E-state index contributed by atoms with van der Waals surface area (Å²) >= 11 is 7.51. The summed E-state index contributed by atoms with van der Waals surface area (Å²) < 4.78 is 6.75. The van der Waals surface area contributed by atoms with Gasteiger partial charge in [-0.1, -0.05) is 29.0 Å². The lowest BCUT2D eigenvalue weighted by molar-refractivity contribution is 0.183. The van der Waals surface area contributed by atoms with Gasteiger partial charge in [-0.15, -0.1) is 0 Å². The van der Waals surface area contributed by atoms with E-state index in [0.717, 1.165) is 26.8 Å². The number of aryl methyl sites for hydroxylation is 1. The van der Waals surface area contributed by atoms with Crippen molar-refractivity contribution in [3.63, 3.8) is 0 Å². The number of hydrogen-bond acceptors (Lipinski definition) is 5. The minimum Gasteiger partial charge on any atom is -0.390 e. The number of halogens is 1. The van der Waals surface area contributed by atoms with E-state index in [4.69, 9.17) is 16.3 Å². The first-order valence-corrected chi connectivity index (χ1v) is 7.57. The summed E-state index contributed by atoms with van der Waals surface area (Å²) in [5.74, 6) is 0. The number of aliphatic hydroxyl groups is 1. The Balaban J connectivity index is 2.13. The van der Waals surface area contributed by atoms with Crippen molar-refractivity contribution >= 4 is 27.9 Å². The zero-order chi connectivity index (χ0) is 15.0. The van der Waals surface area contributed by atoms with E-state index < -0.39 is 0 Å². The van der Waals surface area contributed by atoms with E-state index in [9.17, 15) is 5.11 Å². The second kappa shape index (κ2) is 5.73. The van der Waals surface area contributed by atoms with Gasteiger partial charge in [0.05, 0.1) is 24.6 Å². The van der Waals surface area contributed by atoms with Crippen LogP contribution in [0.3, 0.4) is 0 Å². The van der Waals surface area contributed by atoms with Crippen molar-refractivity contribution in [1.29, 1.82) is 0 Å². The lowest BCUT2D eigenvalue weighted by Gasteiger charge is -2.03. The van der Waals surface area contributed by atoms with E-state index in [2.05, 4.69) is 10.1 Å². The highest BCUT2D eigenvalue weighted by atomic mass is 35.5. The molecule has 0 radical (unpaired) electrons. The molecule has 0 bridgehead atoms. The third-order valence-corrected chi connectivity index (χ3v) is 4.49. The van der Waals surface area contributed by atoms with Crippen LogP contribution in [0.4, 0.5) is 0 Å². The number of benzene rings is 1. The summed E-state index contributed by atoms with van der Waals surface area (Å²) in [7, 11) is 1.62. The van der Waals surface area contributed by atoms with Crippen LogP contribution >= 0.6 is 22.9 Å². The molecule has 0 amide bonds. The van der Waals surface area contributed by atoms with Gasteiger partial charge in [-0.05, 0) is 24.6 Å². The molecule has 0 saturated carbocycles. The summed E-state index contributed by atoms with van der Waals surface area (Å²) in [6.45, 7) is 2.25. The first kappa shape index (κ1) is 14.5. The molecule has 1 aromatic carbocycles. The molecular weight excluding hydrogens is 310 g/mol. The molecule has 0 spiro atoms. The largest absolute Gasteiger partial charge is 0.390 e. The maximum atomic E-state index is 9.68. The second-order valence-electron chi connectivity index (χ2n) is 4.65. The summed E-state index contributed by atoms with van der Waals surface area (Å²) in [6, 6.07) is 5.70. The number of aliphatic hydroxyl groups excluding tert-OH is 1. The van der Waals surface area contributed by atoms with Crippen LogP contribution in [0.5, 0.6) is 0 Å². The molecule has 2 heterocycles. The van der Waals surface area contributed by atoms with Crippen LogP contribution in [0.25, 0.3) is 16.2 Å². The summed E-state index contributed by atoms with van der Waals surface area (Å²) in [6.07, 6.45) is 0. The maximum absolute atomic E-state index is 9.68. The number of imidazole rings is 1. The Morgan fingerprint density at radius 1 is 1.43 bits per heavy atom.